The summed E-state index contributed by atoms with van der Waals surface area (Å²) in [6, 6.07) is 8.66. The van der Waals surface area contributed by atoms with Gasteiger partial charge in [0.2, 0.25) is 0 Å². The maximum atomic E-state index is 5.23. The summed E-state index contributed by atoms with van der Waals surface area (Å²) in [5, 5.41) is 7.33. The monoisotopic (exact) mass is 248 g/mol. The molecule has 1 aromatic rings. The van der Waals surface area contributed by atoms with Crippen LogP contribution in [0, 0.1) is 0 Å². The van der Waals surface area contributed by atoms with Gasteiger partial charge in [-0.3, -0.25) is 0 Å². The quantitative estimate of drug-likeness (QED) is 0.619. The van der Waals surface area contributed by atoms with Gasteiger partial charge in [0.1, 0.15) is 0 Å². The standard InChI is InChI=1S/C14H20N2S/c1-2-3-8-15-14(17)16-10-12-9-11-6-4-5-7-13(11)12/h4-7,12H,2-3,8-10H2,1H3,(H2,15,16,17). The van der Waals surface area contributed by atoms with Crippen molar-refractivity contribution in [3.8, 4) is 0 Å². The van der Waals surface area contributed by atoms with Crippen molar-refractivity contribution in [2.45, 2.75) is 32.1 Å². The molecule has 0 radical (unpaired) electrons. The van der Waals surface area contributed by atoms with Gasteiger partial charge in [0.15, 0.2) is 5.11 Å². The first-order valence-electron chi connectivity index (χ1n) is 6.40. The van der Waals surface area contributed by atoms with Crippen molar-refractivity contribution in [1.29, 1.82) is 0 Å². The van der Waals surface area contributed by atoms with Crippen LogP contribution in [0.2, 0.25) is 0 Å². The molecule has 0 saturated heterocycles. The smallest absolute Gasteiger partial charge is 0.166 e. The van der Waals surface area contributed by atoms with Crippen molar-refractivity contribution in [2.75, 3.05) is 13.1 Å². The molecule has 0 amide bonds. The molecule has 1 aliphatic rings. The number of nitrogens with one attached hydrogen (secondary N) is 2. The van der Waals surface area contributed by atoms with Crippen LogP contribution in [0.25, 0.3) is 0 Å². The van der Waals surface area contributed by atoms with Crippen molar-refractivity contribution < 1.29 is 0 Å². The Morgan fingerprint density at radius 1 is 1.35 bits per heavy atom. The summed E-state index contributed by atoms with van der Waals surface area (Å²) in [7, 11) is 0. The summed E-state index contributed by atoms with van der Waals surface area (Å²) in [6.07, 6.45) is 3.56. The van der Waals surface area contributed by atoms with Crippen LogP contribution >= 0.6 is 12.2 Å². The zero-order chi connectivity index (χ0) is 12.1. The van der Waals surface area contributed by atoms with Crippen LogP contribution in [0.5, 0.6) is 0 Å². The van der Waals surface area contributed by atoms with Gasteiger partial charge in [0.05, 0.1) is 0 Å². The molecule has 0 saturated carbocycles. The fraction of sp³-hybridized carbons (Fsp3) is 0.500. The average molecular weight is 248 g/mol. The third kappa shape index (κ3) is 3.19. The molecule has 17 heavy (non-hydrogen) atoms. The van der Waals surface area contributed by atoms with Crippen LogP contribution in [0.1, 0.15) is 36.8 Å². The highest BCUT2D eigenvalue weighted by Crippen LogP contribution is 2.33. The molecule has 1 aliphatic carbocycles. The molecule has 0 bridgehead atoms. The fourth-order valence-electron chi connectivity index (χ4n) is 2.20. The van der Waals surface area contributed by atoms with Crippen molar-refractivity contribution >= 4 is 17.3 Å². The molecule has 0 aliphatic heterocycles. The highest BCUT2D eigenvalue weighted by Gasteiger charge is 2.24. The SMILES string of the molecule is CCCCNC(=S)NCC1Cc2ccccc21. The predicted molar refractivity (Wildman–Crippen MR) is 76.4 cm³/mol. The van der Waals surface area contributed by atoms with Gasteiger partial charge >= 0.3 is 0 Å². The molecule has 0 heterocycles. The molecule has 3 heteroatoms. The molecule has 2 rings (SSSR count). The molecule has 0 spiro atoms. The average Bonchev–Trinajstić information content (AvgIpc) is 2.31. The van der Waals surface area contributed by atoms with E-state index in [4.69, 9.17) is 12.2 Å². The fourth-order valence-corrected chi connectivity index (χ4v) is 2.39. The van der Waals surface area contributed by atoms with E-state index >= 15 is 0 Å². The number of hydrogen-bond acceptors (Lipinski definition) is 1. The lowest BCUT2D eigenvalue weighted by Gasteiger charge is -2.30. The Morgan fingerprint density at radius 2 is 2.18 bits per heavy atom. The number of unbranched alkanes of at least 4 members (excludes halogenated alkanes) is 1. The Hall–Kier alpha value is -1.09. The lowest BCUT2D eigenvalue weighted by atomic mass is 9.78. The van der Waals surface area contributed by atoms with Crippen LogP contribution in [0.3, 0.4) is 0 Å². The Balaban J connectivity index is 1.69. The minimum absolute atomic E-state index is 0.636. The maximum absolute atomic E-state index is 5.23. The summed E-state index contributed by atoms with van der Waals surface area (Å²) in [5.41, 5.74) is 2.97. The van der Waals surface area contributed by atoms with E-state index in [1.165, 1.54) is 30.4 Å². The summed E-state index contributed by atoms with van der Waals surface area (Å²) in [4.78, 5) is 0. The predicted octanol–water partition coefficient (Wildman–Crippen LogP) is 2.59. The first-order valence-corrected chi connectivity index (χ1v) is 6.81. The van der Waals surface area contributed by atoms with E-state index in [0.717, 1.165) is 18.2 Å². The second kappa shape index (κ2) is 6.01. The minimum Gasteiger partial charge on any atom is -0.363 e. The largest absolute Gasteiger partial charge is 0.363 e. The Morgan fingerprint density at radius 3 is 2.94 bits per heavy atom. The number of benzene rings is 1. The summed E-state index contributed by atoms with van der Waals surface area (Å²) in [6.45, 7) is 4.11. The second-order valence-electron chi connectivity index (χ2n) is 4.59. The van der Waals surface area contributed by atoms with Crippen molar-refractivity contribution in [3.63, 3.8) is 0 Å². The van der Waals surface area contributed by atoms with Gasteiger partial charge in [-0.25, -0.2) is 0 Å². The van der Waals surface area contributed by atoms with E-state index in [9.17, 15) is 0 Å². The van der Waals surface area contributed by atoms with Gasteiger partial charge < -0.3 is 10.6 Å². The van der Waals surface area contributed by atoms with Gasteiger partial charge in [0, 0.05) is 19.0 Å². The van der Waals surface area contributed by atoms with Crippen LogP contribution in [0.15, 0.2) is 24.3 Å². The lowest BCUT2D eigenvalue weighted by Crippen LogP contribution is -2.39. The van der Waals surface area contributed by atoms with Crippen LogP contribution in [0.4, 0.5) is 0 Å². The van der Waals surface area contributed by atoms with Gasteiger partial charge in [-0.05, 0) is 36.2 Å². The Kier molecular flexibility index (Phi) is 4.37. The van der Waals surface area contributed by atoms with E-state index in [2.05, 4.69) is 41.8 Å². The maximum Gasteiger partial charge on any atom is 0.166 e. The highest BCUT2D eigenvalue weighted by molar-refractivity contribution is 7.80. The van der Waals surface area contributed by atoms with E-state index in [-0.39, 0.29) is 0 Å². The summed E-state index contributed by atoms with van der Waals surface area (Å²) >= 11 is 5.23. The van der Waals surface area contributed by atoms with Gasteiger partial charge in [-0.2, -0.15) is 0 Å². The third-order valence-electron chi connectivity index (χ3n) is 3.29. The molecule has 2 N–H and O–H groups in total. The number of fused-ring (bicyclic) bond motifs is 1. The molecule has 2 nitrogen and oxygen atoms in total. The Labute approximate surface area is 109 Å². The highest BCUT2D eigenvalue weighted by atomic mass is 32.1. The van der Waals surface area contributed by atoms with Crippen LogP contribution in [-0.2, 0) is 6.42 Å². The van der Waals surface area contributed by atoms with Crippen molar-refractivity contribution in [2.24, 2.45) is 0 Å². The topological polar surface area (TPSA) is 24.1 Å². The molecule has 0 aromatic heterocycles. The molecule has 0 fully saturated rings. The second-order valence-corrected chi connectivity index (χ2v) is 5.00. The van der Waals surface area contributed by atoms with Gasteiger partial charge in [-0.1, -0.05) is 37.6 Å². The number of thiocarbonyl (C=S) groups is 1. The third-order valence-corrected chi connectivity index (χ3v) is 3.57. The van der Waals surface area contributed by atoms with E-state index in [1.54, 1.807) is 0 Å². The van der Waals surface area contributed by atoms with E-state index < -0.39 is 0 Å². The number of hydrogen-bond donors (Lipinski definition) is 2. The minimum atomic E-state index is 0.636. The molecular formula is C14H20N2S. The normalized spacial score (nSPS) is 16.9. The van der Waals surface area contributed by atoms with Crippen LogP contribution in [-0.4, -0.2) is 18.2 Å². The van der Waals surface area contributed by atoms with Crippen molar-refractivity contribution in [1.82, 2.24) is 10.6 Å². The summed E-state index contributed by atoms with van der Waals surface area (Å²) < 4.78 is 0. The molecule has 92 valence electrons. The molecule has 1 atom stereocenters. The van der Waals surface area contributed by atoms with Gasteiger partial charge in [0.25, 0.3) is 0 Å². The molecule has 1 aromatic carbocycles. The lowest BCUT2D eigenvalue weighted by molar-refractivity contribution is 0.586. The van der Waals surface area contributed by atoms with E-state index in [1.807, 2.05) is 0 Å². The first kappa shape index (κ1) is 12.4. The molecular weight excluding hydrogens is 228 g/mol. The summed E-state index contributed by atoms with van der Waals surface area (Å²) in [5.74, 6) is 0.636. The zero-order valence-corrected chi connectivity index (χ0v) is 11.1. The first-order chi connectivity index (χ1) is 8.31. The zero-order valence-electron chi connectivity index (χ0n) is 10.3. The van der Waals surface area contributed by atoms with Crippen molar-refractivity contribution in [3.05, 3.63) is 35.4 Å². The van der Waals surface area contributed by atoms with Gasteiger partial charge in [-0.15, -0.1) is 0 Å². The van der Waals surface area contributed by atoms with Crippen LogP contribution < -0.4 is 10.6 Å². The van der Waals surface area contributed by atoms with E-state index in [0.29, 0.717) is 5.92 Å². The Bertz CT molecular complexity index is 390. The number of rotatable bonds is 5. The molecule has 1 unspecified atom stereocenters.